The van der Waals surface area contributed by atoms with Crippen LogP contribution < -0.4 is 16.4 Å². The number of carbonyl (C=O) groups is 2. The van der Waals surface area contributed by atoms with Crippen LogP contribution in [0.25, 0.3) is 0 Å². The van der Waals surface area contributed by atoms with Crippen LogP contribution in [-0.4, -0.2) is 43.7 Å². The van der Waals surface area contributed by atoms with E-state index in [1.807, 2.05) is 13.8 Å². The third-order valence-electron chi connectivity index (χ3n) is 3.03. The van der Waals surface area contributed by atoms with Gasteiger partial charge in [0.1, 0.15) is 0 Å². The molecule has 18 heavy (non-hydrogen) atoms. The lowest BCUT2D eigenvalue weighted by Crippen LogP contribution is -2.49. The molecular formula is C12H23N3O3. The van der Waals surface area contributed by atoms with Crippen LogP contribution in [0.2, 0.25) is 0 Å². The lowest BCUT2D eigenvalue weighted by atomic mass is 10.1. The molecule has 1 saturated heterocycles. The van der Waals surface area contributed by atoms with E-state index in [9.17, 15) is 9.59 Å². The molecule has 0 bridgehead atoms. The minimum absolute atomic E-state index is 0.0173. The Labute approximate surface area is 108 Å². The summed E-state index contributed by atoms with van der Waals surface area (Å²) in [6.45, 7) is 5.07. The number of ether oxygens (including phenoxy) is 1. The topological polar surface area (TPSA) is 93.5 Å². The fraction of sp³-hybridized carbons (Fsp3) is 0.833. The Bertz CT molecular complexity index is 288. The molecule has 1 fully saturated rings. The van der Waals surface area contributed by atoms with Crippen molar-refractivity contribution in [2.75, 3.05) is 19.8 Å². The van der Waals surface area contributed by atoms with Gasteiger partial charge in [0.15, 0.2) is 0 Å². The van der Waals surface area contributed by atoms with Crippen molar-refractivity contribution in [2.24, 2.45) is 11.7 Å². The predicted octanol–water partition coefficient (Wildman–Crippen LogP) is -0.619. The lowest BCUT2D eigenvalue weighted by Gasteiger charge is -2.23. The van der Waals surface area contributed by atoms with Crippen LogP contribution in [0.3, 0.4) is 0 Å². The van der Waals surface area contributed by atoms with Crippen LogP contribution in [0.5, 0.6) is 0 Å². The predicted molar refractivity (Wildman–Crippen MR) is 67.8 cm³/mol. The normalized spacial score (nSPS) is 18.4. The smallest absolute Gasteiger partial charge is 0.239 e. The zero-order chi connectivity index (χ0) is 13.5. The molecule has 0 aliphatic carbocycles. The first-order valence-corrected chi connectivity index (χ1v) is 6.41. The summed E-state index contributed by atoms with van der Waals surface area (Å²) < 4.78 is 5.20. The number of hydrogen-bond donors (Lipinski definition) is 3. The number of nitrogens with one attached hydrogen (secondary N) is 2. The molecule has 0 saturated carbocycles. The lowest BCUT2D eigenvalue weighted by molar-refractivity contribution is -0.127. The zero-order valence-electron chi connectivity index (χ0n) is 11.1. The van der Waals surface area contributed by atoms with E-state index in [1.165, 1.54) is 0 Å². The van der Waals surface area contributed by atoms with Gasteiger partial charge in [0.05, 0.1) is 12.6 Å². The molecule has 0 radical (unpaired) electrons. The Kier molecular flexibility index (Phi) is 6.07. The highest BCUT2D eigenvalue weighted by Crippen LogP contribution is 2.05. The minimum Gasteiger partial charge on any atom is -0.381 e. The van der Waals surface area contributed by atoms with Crippen molar-refractivity contribution < 1.29 is 14.3 Å². The van der Waals surface area contributed by atoms with Gasteiger partial charge in [-0.15, -0.1) is 0 Å². The fourth-order valence-electron chi connectivity index (χ4n) is 1.71. The summed E-state index contributed by atoms with van der Waals surface area (Å²) in [6, 6.07) is -0.414. The summed E-state index contributed by atoms with van der Waals surface area (Å²) in [6.07, 6.45) is 1.65. The number of nitrogens with two attached hydrogens (primary N) is 1. The van der Waals surface area contributed by atoms with E-state index in [0.717, 1.165) is 12.8 Å². The number of carbonyl (C=O) groups excluding carboxylic acids is 2. The van der Waals surface area contributed by atoms with Crippen LogP contribution in [-0.2, 0) is 14.3 Å². The van der Waals surface area contributed by atoms with Crippen molar-refractivity contribution in [1.29, 1.82) is 0 Å². The van der Waals surface area contributed by atoms with Crippen molar-refractivity contribution in [2.45, 2.75) is 38.8 Å². The van der Waals surface area contributed by atoms with Crippen LogP contribution >= 0.6 is 0 Å². The molecule has 6 nitrogen and oxygen atoms in total. The Morgan fingerprint density at radius 2 is 1.94 bits per heavy atom. The van der Waals surface area contributed by atoms with Gasteiger partial charge < -0.3 is 21.1 Å². The van der Waals surface area contributed by atoms with Gasteiger partial charge in [0, 0.05) is 19.3 Å². The summed E-state index contributed by atoms with van der Waals surface area (Å²) in [7, 11) is 0. The monoisotopic (exact) mass is 257 g/mol. The molecule has 1 atom stereocenters. The molecule has 0 unspecified atom stereocenters. The highest BCUT2D eigenvalue weighted by Gasteiger charge is 2.19. The molecule has 0 aromatic rings. The summed E-state index contributed by atoms with van der Waals surface area (Å²) in [5.41, 5.74) is 5.67. The maximum Gasteiger partial charge on any atom is 0.239 e. The molecule has 0 aromatic heterocycles. The summed E-state index contributed by atoms with van der Waals surface area (Å²) in [5.74, 6) is -0.401. The van der Waals surface area contributed by atoms with Gasteiger partial charge in [-0.25, -0.2) is 0 Å². The number of rotatable bonds is 5. The second kappa shape index (κ2) is 7.33. The van der Waals surface area contributed by atoms with Crippen LogP contribution in [0.15, 0.2) is 0 Å². The number of hydrogen-bond acceptors (Lipinski definition) is 4. The molecule has 0 spiro atoms. The molecule has 6 heteroatoms. The average molecular weight is 257 g/mol. The Morgan fingerprint density at radius 3 is 2.50 bits per heavy atom. The van der Waals surface area contributed by atoms with Gasteiger partial charge in [-0.05, 0) is 18.8 Å². The van der Waals surface area contributed by atoms with E-state index < -0.39 is 6.04 Å². The van der Waals surface area contributed by atoms with Gasteiger partial charge in [-0.3, -0.25) is 9.59 Å². The van der Waals surface area contributed by atoms with E-state index in [2.05, 4.69) is 10.6 Å². The third kappa shape index (κ3) is 5.01. The second-order valence-corrected chi connectivity index (χ2v) is 4.94. The van der Waals surface area contributed by atoms with Crippen molar-refractivity contribution in [3.05, 3.63) is 0 Å². The molecule has 1 rings (SSSR count). The van der Waals surface area contributed by atoms with Crippen LogP contribution in [0.1, 0.15) is 26.7 Å². The van der Waals surface area contributed by atoms with E-state index in [-0.39, 0.29) is 30.3 Å². The Morgan fingerprint density at radius 1 is 1.33 bits per heavy atom. The van der Waals surface area contributed by atoms with Gasteiger partial charge in [-0.2, -0.15) is 0 Å². The maximum atomic E-state index is 11.6. The first-order valence-electron chi connectivity index (χ1n) is 6.41. The van der Waals surface area contributed by atoms with E-state index >= 15 is 0 Å². The average Bonchev–Trinajstić information content (AvgIpc) is 2.36. The number of amides is 2. The first-order chi connectivity index (χ1) is 8.50. The van der Waals surface area contributed by atoms with Crippen molar-refractivity contribution >= 4 is 11.8 Å². The standard InChI is InChI=1S/C12H23N3O3/c1-8(2)11(13)12(17)14-7-10(16)15-9-3-5-18-6-4-9/h8-9,11H,3-7,13H2,1-2H3,(H,14,17)(H,15,16)/t11-/m0/s1. The molecule has 4 N–H and O–H groups in total. The van der Waals surface area contributed by atoms with Crippen LogP contribution in [0, 0.1) is 5.92 Å². The summed E-state index contributed by atoms with van der Waals surface area (Å²) in [4.78, 5) is 23.1. The minimum atomic E-state index is -0.569. The van der Waals surface area contributed by atoms with E-state index in [4.69, 9.17) is 10.5 Å². The highest BCUT2D eigenvalue weighted by atomic mass is 16.5. The fourth-order valence-corrected chi connectivity index (χ4v) is 1.71. The molecule has 2 amide bonds. The largest absolute Gasteiger partial charge is 0.381 e. The quantitative estimate of drug-likeness (QED) is 0.612. The van der Waals surface area contributed by atoms with E-state index in [1.54, 1.807) is 0 Å². The molecular weight excluding hydrogens is 234 g/mol. The maximum absolute atomic E-state index is 11.6. The first kappa shape index (κ1) is 14.9. The SMILES string of the molecule is CC(C)[C@H](N)C(=O)NCC(=O)NC1CCOCC1. The van der Waals surface area contributed by atoms with Gasteiger partial charge in [0.25, 0.3) is 0 Å². The Balaban J connectivity index is 2.22. The van der Waals surface area contributed by atoms with Crippen molar-refractivity contribution in [3.63, 3.8) is 0 Å². The van der Waals surface area contributed by atoms with Crippen molar-refractivity contribution in [3.8, 4) is 0 Å². The van der Waals surface area contributed by atoms with Gasteiger partial charge in [-0.1, -0.05) is 13.8 Å². The van der Waals surface area contributed by atoms with Gasteiger partial charge in [0.2, 0.25) is 11.8 Å². The van der Waals surface area contributed by atoms with Crippen LogP contribution in [0.4, 0.5) is 0 Å². The van der Waals surface area contributed by atoms with Gasteiger partial charge >= 0.3 is 0 Å². The molecule has 1 heterocycles. The summed E-state index contributed by atoms with van der Waals surface area (Å²) >= 11 is 0. The molecule has 104 valence electrons. The second-order valence-electron chi connectivity index (χ2n) is 4.94. The summed E-state index contributed by atoms with van der Waals surface area (Å²) in [5, 5.41) is 5.41. The molecule has 0 aromatic carbocycles. The van der Waals surface area contributed by atoms with Crippen molar-refractivity contribution in [1.82, 2.24) is 10.6 Å². The third-order valence-corrected chi connectivity index (χ3v) is 3.03. The zero-order valence-corrected chi connectivity index (χ0v) is 11.1. The molecule has 1 aliphatic rings. The Hall–Kier alpha value is -1.14. The highest BCUT2D eigenvalue weighted by molar-refractivity contribution is 5.87. The molecule has 1 aliphatic heterocycles. The van der Waals surface area contributed by atoms with E-state index in [0.29, 0.717) is 13.2 Å².